The fraction of sp³-hybridized carbons (Fsp3) is 0.389. The van der Waals surface area contributed by atoms with Gasteiger partial charge < -0.3 is 20.5 Å². The summed E-state index contributed by atoms with van der Waals surface area (Å²) in [6.07, 6.45) is 0.345. The maximum absolute atomic E-state index is 12.3. The summed E-state index contributed by atoms with van der Waals surface area (Å²) >= 11 is 0. The molecule has 1 aliphatic rings. The third-order valence-electron chi connectivity index (χ3n) is 4.60. The maximum atomic E-state index is 12.3. The summed E-state index contributed by atoms with van der Waals surface area (Å²) in [5, 5.41) is 0.818. The summed E-state index contributed by atoms with van der Waals surface area (Å²) in [6.45, 7) is 1.72. The molecule has 0 saturated carbocycles. The van der Waals surface area contributed by atoms with E-state index in [4.69, 9.17) is 5.73 Å². The zero-order valence-electron chi connectivity index (χ0n) is 15.0. The lowest BCUT2D eigenvalue weighted by Gasteiger charge is -2.36. The lowest BCUT2D eigenvalue weighted by atomic mass is 10.1. The number of pyridine rings is 1. The van der Waals surface area contributed by atoms with Gasteiger partial charge in [-0.05, 0) is 12.1 Å². The van der Waals surface area contributed by atoms with Gasteiger partial charge in [0.05, 0.1) is 18.3 Å². The van der Waals surface area contributed by atoms with Gasteiger partial charge in [0.2, 0.25) is 11.8 Å². The van der Waals surface area contributed by atoms with Crippen molar-refractivity contribution in [3.05, 3.63) is 30.1 Å². The van der Waals surface area contributed by atoms with Gasteiger partial charge in [-0.2, -0.15) is 13.2 Å². The molecule has 1 aliphatic heterocycles. The van der Waals surface area contributed by atoms with E-state index < -0.39 is 30.8 Å². The highest BCUT2D eigenvalue weighted by Gasteiger charge is 2.30. The standard InChI is InChI=1S/C18H20F3N5O2/c19-18(20,21)4-3-16(28)26-7-5-25(6-8-26)13-9-14-12(1-2-15(22)27)10-23-17(14)24-11-13/h1-2,9-11H,3-8H2,(H2,22,27)(H,23,24). The Morgan fingerprint density at radius 2 is 1.96 bits per heavy atom. The van der Waals surface area contributed by atoms with E-state index >= 15 is 0 Å². The van der Waals surface area contributed by atoms with Crippen LogP contribution in [0.4, 0.5) is 18.9 Å². The first-order valence-corrected chi connectivity index (χ1v) is 8.77. The second kappa shape index (κ2) is 7.91. The molecule has 10 heteroatoms. The van der Waals surface area contributed by atoms with Gasteiger partial charge in [0.15, 0.2) is 0 Å². The molecule has 0 atom stereocenters. The number of primary amides is 1. The summed E-state index contributed by atoms with van der Waals surface area (Å²) in [5.41, 5.74) is 7.39. The summed E-state index contributed by atoms with van der Waals surface area (Å²) in [6, 6.07) is 1.92. The Labute approximate surface area is 159 Å². The SMILES string of the molecule is NC(=O)C=Cc1c[nH]c2ncc(N3CCN(C(=O)CCC(F)(F)F)CC3)cc12. The van der Waals surface area contributed by atoms with Crippen LogP contribution >= 0.6 is 0 Å². The Morgan fingerprint density at radius 1 is 1.25 bits per heavy atom. The number of piperazine rings is 1. The van der Waals surface area contributed by atoms with Crippen LogP contribution in [0.25, 0.3) is 17.1 Å². The van der Waals surface area contributed by atoms with E-state index in [-0.39, 0.29) is 0 Å². The number of nitrogens with two attached hydrogens (primary N) is 1. The Kier molecular flexibility index (Phi) is 5.57. The van der Waals surface area contributed by atoms with Crippen LogP contribution in [-0.2, 0) is 9.59 Å². The van der Waals surface area contributed by atoms with E-state index in [1.165, 1.54) is 11.0 Å². The van der Waals surface area contributed by atoms with E-state index in [0.29, 0.717) is 31.8 Å². The van der Waals surface area contributed by atoms with E-state index in [0.717, 1.165) is 16.6 Å². The van der Waals surface area contributed by atoms with Crippen LogP contribution in [0.1, 0.15) is 18.4 Å². The topological polar surface area (TPSA) is 95.3 Å². The van der Waals surface area contributed by atoms with Crippen molar-refractivity contribution in [2.24, 2.45) is 5.73 Å². The molecule has 3 N–H and O–H groups in total. The lowest BCUT2D eigenvalue weighted by Crippen LogP contribution is -2.49. The van der Waals surface area contributed by atoms with E-state index in [2.05, 4.69) is 9.97 Å². The summed E-state index contributed by atoms with van der Waals surface area (Å²) in [4.78, 5) is 33.7. The average Bonchev–Trinajstić information content (AvgIpc) is 3.06. The molecule has 1 saturated heterocycles. The normalized spacial score (nSPS) is 15.5. The van der Waals surface area contributed by atoms with E-state index in [9.17, 15) is 22.8 Å². The number of H-pyrrole nitrogens is 1. The van der Waals surface area contributed by atoms with Crippen molar-refractivity contribution < 1.29 is 22.8 Å². The van der Waals surface area contributed by atoms with Crippen molar-refractivity contribution >= 4 is 34.6 Å². The van der Waals surface area contributed by atoms with Gasteiger partial charge in [-0.25, -0.2) is 4.98 Å². The third kappa shape index (κ3) is 4.81. The fourth-order valence-corrected chi connectivity index (χ4v) is 3.12. The number of nitrogens with one attached hydrogen (secondary N) is 1. The van der Waals surface area contributed by atoms with Gasteiger partial charge >= 0.3 is 6.18 Å². The molecule has 0 bridgehead atoms. The molecule has 150 valence electrons. The molecule has 7 nitrogen and oxygen atoms in total. The number of rotatable bonds is 5. The number of halogens is 3. The number of anilines is 1. The quantitative estimate of drug-likeness (QED) is 0.758. The molecule has 0 radical (unpaired) electrons. The molecule has 2 amide bonds. The van der Waals surface area contributed by atoms with Crippen LogP contribution < -0.4 is 10.6 Å². The smallest absolute Gasteiger partial charge is 0.367 e. The number of carbonyl (C=O) groups excluding carboxylic acids is 2. The summed E-state index contributed by atoms with van der Waals surface area (Å²) in [7, 11) is 0. The van der Waals surface area contributed by atoms with Gasteiger partial charge in [0.1, 0.15) is 5.65 Å². The Bertz CT molecular complexity index is 898. The first-order valence-electron chi connectivity index (χ1n) is 8.77. The third-order valence-corrected chi connectivity index (χ3v) is 4.60. The first kappa shape index (κ1) is 19.7. The molecule has 2 aromatic heterocycles. The van der Waals surface area contributed by atoms with Crippen molar-refractivity contribution in [2.75, 3.05) is 31.1 Å². The second-order valence-electron chi connectivity index (χ2n) is 6.55. The monoisotopic (exact) mass is 395 g/mol. The van der Waals surface area contributed by atoms with Crippen LogP contribution in [0.5, 0.6) is 0 Å². The molecule has 28 heavy (non-hydrogen) atoms. The Hall–Kier alpha value is -3.04. The Morgan fingerprint density at radius 3 is 2.61 bits per heavy atom. The number of amides is 2. The van der Waals surface area contributed by atoms with Crippen LogP contribution in [0, 0.1) is 0 Å². The van der Waals surface area contributed by atoms with Gasteiger partial charge in [-0.15, -0.1) is 0 Å². The molecule has 1 fully saturated rings. The van der Waals surface area contributed by atoms with Crippen molar-refractivity contribution in [3.8, 4) is 0 Å². The zero-order valence-corrected chi connectivity index (χ0v) is 15.0. The second-order valence-corrected chi connectivity index (χ2v) is 6.55. The van der Waals surface area contributed by atoms with E-state index in [1.807, 2.05) is 11.0 Å². The minimum absolute atomic E-state index is 0.357. The number of nitrogens with zero attached hydrogens (tertiary/aromatic N) is 3. The van der Waals surface area contributed by atoms with Crippen LogP contribution in [-0.4, -0.2) is 59.0 Å². The fourth-order valence-electron chi connectivity index (χ4n) is 3.12. The van der Waals surface area contributed by atoms with Crippen LogP contribution in [0.3, 0.4) is 0 Å². The highest BCUT2D eigenvalue weighted by molar-refractivity contribution is 5.95. The first-order chi connectivity index (χ1) is 13.2. The van der Waals surface area contributed by atoms with Crippen LogP contribution in [0.15, 0.2) is 24.5 Å². The summed E-state index contributed by atoms with van der Waals surface area (Å²) in [5.74, 6) is -1.03. The molecule has 0 spiro atoms. The number of carbonyl (C=O) groups is 2. The Balaban J connectivity index is 1.65. The number of hydrogen-bond acceptors (Lipinski definition) is 4. The highest BCUT2D eigenvalue weighted by Crippen LogP contribution is 2.25. The average molecular weight is 395 g/mol. The highest BCUT2D eigenvalue weighted by atomic mass is 19.4. The molecule has 2 aromatic rings. The molecule has 0 unspecified atom stereocenters. The summed E-state index contributed by atoms with van der Waals surface area (Å²) < 4.78 is 36.8. The van der Waals surface area contributed by atoms with E-state index in [1.54, 1.807) is 18.5 Å². The largest absolute Gasteiger partial charge is 0.389 e. The molecular formula is C18H20F3N5O2. The van der Waals surface area contributed by atoms with Crippen LogP contribution in [0.2, 0.25) is 0 Å². The van der Waals surface area contributed by atoms with Gasteiger partial charge in [0.25, 0.3) is 0 Å². The number of fused-ring (bicyclic) bond motifs is 1. The minimum Gasteiger partial charge on any atom is -0.367 e. The molecule has 0 aromatic carbocycles. The van der Waals surface area contributed by atoms with Crippen molar-refractivity contribution in [1.29, 1.82) is 0 Å². The van der Waals surface area contributed by atoms with Gasteiger partial charge in [-0.1, -0.05) is 0 Å². The molecule has 3 heterocycles. The van der Waals surface area contributed by atoms with Crippen molar-refractivity contribution in [2.45, 2.75) is 19.0 Å². The number of aromatic nitrogens is 2. The zero-order chi connectivity index (χ0) is 20.3. The minimum atomic E-state index is -4.32. The molecular weight excluding hydrogens is 375 g/mol. The van der Waals surface area contributed by atoms with Crippen molar-refractivity contribution in [1.82, 2.24) is 14.9 Å². The van der Waals surface area contributed by atoms with Gasteiger partial charge in [-0.3, -0.25) is 9.59 Å². The van der Waals surface area contributed by atoms with Crippen molar-refractivity contribution in [3.63, 3.8) is 0 Å². The number of aromatic amines is 1. The number of hydrogen-bond donors (Lipinski definition) is 2. The predicted octanol–water partition coefficient (Wildman–Crippen LogP) is 2.05. The number of alkyl halides is 3. The lowest BCUT2D eigenvalue weighted by molar-refractivity contribution is -0.149. The molecule has 0 aliphatic carbocycles. The van der Waals surface area contributed by atoms with Gasteiger partial charge in [0, 0.05) is 55.8 Å². The predicted molar refractivity (Wildman–Crippen MR) is 98.4 cm³/mol. The maximum Gasteiger partial charge on any atom is 0.389 e. The molecule has 3 rings (SSSR count).